The quantitative estimate of drug-likeness (QED) is 0.258. The molecular formula is C22H18Cl2N4O2S. The maximum absolute atomic E-state index is 11.9. The Morgan fingerprint density at radius 3 is 2.77 bits per heavy atom. The Morgan fingerprint density at radius 2 is 2.06 bits per heavy atom. The molecule has 2 N–H and O–H groups in total. The molecule has 0 aliphatic carbocycles. The van der Waals surface area contributed by atoms with Crippen molar-refractivity contribution >= 4 is 57.9 Å². The van der Waals surface area contributed by atoms with Crippen LogP contribution in [0, 0.1) is 0 Å². The molecule has 0 saturated carbocycles. The number of rotatable bonds is 7. The highest BCUT2D eigenvalue weighted by Crippen LogP contribution is 2.31. The summed E-state index contributed by atoms with van der Waals surface area (Å²) >= 11 is 13.4. The minimum absolute atomic E-state index is 0.133. The van der Waals surface area contributed by atoms with E-state index in [1.165, 1.54) is 0 Å². The van der Waals surface area contributed by atoms with E-state index < -0.39 is 5.97 Å². The molecule has 2 heterocycles. The van der Waals surface area contributed by atoms with Gasteiger partial charge in [-0.2, -0.15) is 0 Å². The normalized spacial score (nSPS) is 11.9. The van der Waals surface area contributed by atoms with Crippen molar-refractivity contribution in [2.45, 2.75) is 25.0 Å². The lowest BCUT2D eigenvalue weighted by atomic mass is 10.1. The van der Waals surface area contributed by atoms with E-state index in [4.69, 9.17) is 23.2 Å². The van der Waals surface area contributed by atoms with E-state index in [0.717, 1.165) is 33.8 Å². The second-order valence-electron chi connectivity index (χ2n) is 6.80. The number of H-pyrrole nitrogens is 1. The van der Waals surface area contributed by atoms with Crippen LogP contribution < -0.4 is 0 Å². The summed E-state index contributed by atoms with van der Waals surface area (Å²) in [6, 6.07) is 13.2. The molecule has 0 amide bonds. The number of carboxylic acid groups (broad SMARTS) is 1. The summed E-state index contributed by atoms with van der Waals surface area (Å²) in [5.74, 6) is -0.325. The van der Waals surface area contributed by atoms with Crippen LogP contribution in [0.4, 0.5) is 0 Å². The summed E-state index contributed by atoms with van der Waals surface area (Å²) in [6.45, 7) is 2.48. The van der Waals surface area contributed by atoms with Crippen molar-refractivity contribution in [3.05, 3.63) is 80.6 Å². The molecule has 0 spiro atoms. The van der Waals surface area contributed by atoms with E-state index >= 15 is 0 Å². The monoisotopic (exact) mass is 472 g/mol. The minimum Gasteiger partial charge on any atom is -0.477 e. The van der Waals surface area contributed by atoms with E-state index in [2.05, 4.69) is 15.2 Å². The number of carbonyl (C=O) groups is 1. The second kappa shape index (κ2) is 9.18. The molecule has 0 fully saturated rings. The molecule has 158 valence electrons. The molecule has 0 radical (unpaired) electrons. The molecular weight excluding hydrogens is 455 g/mol. The number of hydrogen-bond acceptors (Lipinski definition) is 4. The molecule has 4 aromatic rings. The summed E-state index contributed by atoms with van der Waals surface area (Å²) in [4.78, 5) is 16.3. The van der Waals surface area contributed by atoms with Crippen molar-refractivity contribution in [1.82, 2.24) is 19.7 Å². The number of aliphatic carboxylic acids is 1. The number of halogens is 2. The number of para-hydroxylation sites is 1. The number of fused-ring (bicyclic) bond motifs is 1. The smallest absolute Gasteiger partial charge is 0.342 e. The molecule has 0 aliphatic rings. The number of nitrogens with one attached hydrogen (secondary N) is 1. The Kier molecular flexibility index (Phi) is 6.36. The van der Waals surface area contributed by atoms with Crippen LogP contribution in [0.1, 0.15) is 23.9 Å². The number of carboxylic acids is 1. The predicted molar refractivity (Wildman–Crippen MR) is 125 cm³/mol. The van der Waals surface area contributed by atoms with Gasteiger partial charge in [0.1, 0.15) is 10.7 Å². The molecule has 9 heteroatoms. The zero-order valence-electron chi connectivity index (χ0n) is 16.5. The molecule has 2 aromatic carbocycles. The van der Waals surface area contributed by atoms with Gasteiger partial charge in [0.25, 0.3) is 0 Å². The number of aromatic nitrogens is 4. The van der Waals surface area contributed by atoms with Gasteiger partial charge in [0.05, 0.1) is 0 Å². The maximum Gasteiger partial charge on any atom is 0.342 e. The molecule has 6 nitrogen and oxygen atoms in total. The second-order valence-corrected chi connectivity index (χ2v) is 8.65. The van der Waals surface area contributed by atoms with Gasteiger partial charge in [0, 0.05) is 45.7 Å². The minimum atomic E-state index is -1.04. The lowest BCUT2D eigenvalue weighted by Gasteiger charge is -2.08. The molecule has 0 aliphatic heterocycles. The van der Waals surface area contributed by atoms with Crippen LogP contribution in [0.15, 0.2) is 58.7 Å². The average Bonchev–Trinajstić information content (AvgIpc) is 3.34. The number of thioether (sulfide) groups is 1. The third-order valence-corrected chi connectivity index (χ3v) is 6.18. The predicted octanol–water partition coefficient (Wildman–Crippen LogP) is 5.89. The fraction of sp³-hybridized carbons (Fsp3) is 0.136. The van der Waals surface area contributed by atoms with Gasteiger partial charge in [0.15, 0.2) is 0 Å². The van der Waals surface area contributed by atoms with Crippen molar-refractivity contribution in [1.29, 1.82) is 0 Å². The fourth-order valence-electron chi connectivity index (χ4n) is 3.21. The maximum atomic E-state index is 11.9. The van der Waals surface area contributed by atoms with E-state index in [9.17, 15) is 9.90 Å². The van der Waals surface area contributed by atoms with Crippen LogP contribution in [-0.2, 0) is 17.8 Å². The Bertz CT molecular complexity index is 1300. The van der Waals surface area contributed by atoms with Crippen LogP contribution in [0.5, 0.6) is 0 Å². The topological polar surface area (TPSA) is 83.8 Å². The highest BCUT2D eigenvalue weighted by atomic mass is 35.5. The number of benzene rings is 2. The third-order valence-electron chi connectivity index (χ3n) is 4.72. The number of nitrogens with zero attached hydrogens (tertiary/aromatic N) is 3. The summed E-state index contributed by atoms with van der Waals surface area (Å²) in [5, 5.41) is 19.1. The highest BCUT2D eigenvalue weighted by molar-refractivity contribution is 8.04. The molecule has 0 bridgehead atoms. The fourth-order valence-corrected chi connectivity index (χ4v) is 4.40. The van der Waals surface area contributed by atoms with Gasteiger partial charge in [-0.25, -0.2) is 9.78 Å². The molecule has 31 heavy (non-hydrogen) atoms. The van der Waals surface area contributed by atoms with Crippen LogP contribution >= 0.6 is 35.0 Å². The number of aromatic amines is 1. The van der Waals surface area contributed by atoms with Gasteiger partial charge in [-0.1, -0.05) is 54.4 Å². The zero-order valence-corrected chi connectivity index (χ0v) is 18.8. The van der Waals surface area contributed by atoms with Crippen LogP contribution in [0.25, 0.3) is 17.0 Å². The van der Waals surface area contributed by atoms with E-state index in [1.807, 2.05) is 48.0 Å². The van der Waals surface area contributed by atoms with Crippen molar-refractivity contribution in [3.63, 3.8) is 0 Å². The summed E-state index contributed by atoms with van der Waals surface area (Å²) < 4.78 is 2.04. The van der Waals surface area contributed by atoms with Crippen LogP contribution in [-0.4, -0.2) is 30.8 Å². The first-order valence-electron chi connectivity index (χ1n) is 9.50. The highest BCUT2D eigenvalue weighted by Gasteiger charge is 2.16. The average molecular weight is 473 g/mol. The molecule has 2 aromatic heterocycles. The Balaban J connectivity index is 1.73. The lowest BCUT2D eigenvalue weighted by Crippen LogP contribution is -1.99. The molecule has 0 saturated heterocycles. The van der Waals surface area contributed by atoms with Crippen molar-refractivity contribution < 1.29 is 9.90 Å². The van der Waals surface area contributed by atoms with Crippen molar-refractivity contribution in [2.75, 3.05) is 0 Å². The largest absolute Gasteiger partial charge is 0.477 e. The van der Waals surface area contributed by atoms with Gasteiger partial charge in [-0.05, 0) is 41.6 Å². The van der Waals surface area contributed by atoms with Gasteiger partial charge >= 0.3 is 5.97 Å². The number of aryl methyl sites for hydroxylation is 1. The Labute approximate surface area is 192 Å². The summed E-state index contributed by atoms with van der Waals surface area (Å²) in [6.07, 6.45) is 4.27. The summed E-state index contributed by atoms with van der Waals surface area (Å²) in [5.41, 5.74) is 2.68. The van der Waals surface area contributed by atoms with Gasteiger partial charge in [0.2, 0.25) is 5.16 Å². The first kappa shape index (κ1) is 21.5. The zero-order chi connectivity index (χ0) is 22.0. The molecule has 0 atom stereocenters. The lowest BCUT2D eigenvalue weighted by molar-refractivity contribution is -0.131. The summed E-state index contributed by atoms with van der Waals surface area (Å²) in [7, 11) is 0. The first-order chi connectivity index (χ1) is 14.9. The van der Waals surface area contributed by atoms with Crippen LogP contribution in [0.3, 0.4) is 0 Å². The molecule has 4 rings (SSSR count). The van der Waals surface area contributed by atoms with Gasteiger partial charge < -0.3 is 9.67 Å². The number of hydrogen-bond donors (Lipinski definition) is 2. The standard InChI is InChI=1S/C22H18Cl2N4O2S/c1-2-20-25-22(27-26-20)31-19(21(29)30)9-14-12-28(18-6-4-3-5-16(14)18)11-13-7-8-15(23)10-17(13)24/h3-10,12H,2,11H2,1H3,(H,29,30)(H,25,26,27)/b19-9-. The van der Waals surface area contributed by atoms with Gasteiger partial charge in [-0.15, -0.1) is 5.10 Å². The van der Waals surface area contributed by atoms with Crippen molar-refractivity contribution in [2.24, 2.45) is 0 Å². The van der Waals surface area contributed by atoms with Gasteiger partial charge in [-0.3, -0.25) is 5.10 Å². The Hall–Kier alpha value is -2.74. The third kappa shape index (κ3) is 4.79. The van der Waals surface area contributed by atoms with E-state index in [1.54, 1.807) is 18.2 Å². The van der Waals surface area contributed by atoms with E-state index in [0.29, 0.717) is 34.0 Å². The van der Waals surface area contributed by atoms with Crippen LogP contribution in [0.2, 0.25) is 10.0 Å². The first-order valence-corrected chi connectivity index (χ1v) is 11.1. The molecule has 0 unspecified atom stereocenters. The Morgan fingerprint density at radius 1 is 1.26 bits per heavy atom. The van der Waals surface area contributed by atoms with Crippen molar-refractivity contribution in [3.8, 4) is 0 Å². The SMILES string of the molecule is CCc1nc(S/C(=C\c2cn(Cc3ccc(Cl)cc3Cl)c3ccccc23)C(=O)O)n[nH]1. The van der Waals surface area contributed by atoms with E-state index in [-0.39, 0.29) is 4.91 Å².